The summed E-state index contributed by atoms with van der Waals surface area (Å²) < 4.78 is 1.09. The van der Waals surface area contributed by atoms with Crippen LogP contribution < -0.4 is 5.32 Å². The number of nitrogens with zero attached hydrogens (tertiary/aromatic N) is 1. The van der Waals surface area contributed by atoms with Crippen molar-refractivity contribution in [3.8, 4) is 0 Å². The van der Waals surface area contributed by atoms with Crippen molar-refractivity contribution in [2.24, 2.45) is 0 Å². The molecule has 14 heavy (non-hydrogen) atoms. The minimum Gasteiger partial charge on any atom is -0.311 e. The van der Waals surface area contributed by atoms with Gasteiger partial charge in [0.05, 0.1) is 0 Å². The van der Waals surface area contributed by atoms with E-state index in [0.29, 0.717) is 0 Å². The van der Waals surface area contributed by atoms with Crippen molar-refractivity contribution in [2.45, 2.75) is 37.3 Å². The zero-order chi connectivity index (χ0) is 9.54. The predicted octanol–water partition coefficient (Wildman–Crippen LogP) is 2.29. The second-order valence-corrected chi connectivity index (χ2v) is 5.41. The molecule has 0 amide bonds. The van der Waals surface area contributed by atoms with E-state index < -0.39 is 0 Å². The average molecular weight is 298 g/mol. The van der Waals surface area contributed by atoms with Gasteiger partial charge in [-0.05, 0) is 53.5 Å². The molecule has 2 aliphatic rings. The van der Waals surface area contributed by atoms with Crippen LogP contribution in [0, 0.1) is 3.70 Å². The van der Waals surface area contributed by atoms with Gasteiger partial charge in [-0.25, -0.2) is 0 Å². The summed E-state index contributed by atoms with van der Waals surface area (Å²) in [6.07, 6.45) is 6.09. The fourth-order valence-electron chi connectivity index (χ4n) is 2.80. The lowest BCUT2D eigenvalue weighted by molar-refractivity contribution is 0.505. The van der Waals surface area contributed by atoms with Gasteiger partial charge in [0.1, 0.15) is 3.70 Å². The maximum absolute atomic E-state index is 4.37. The summed E-state index contributed by atoms with van der Waals surface area (Å²) in [6, 6.07) is 5.86. The first kappa shape index (κ1) is 9.09. The number of aromatic nitrogens is 1. The maximum atomic E-state index is 4.37. The molecule has 2 saturated heterocycles. The van der Waals surface area contributed by atoms with Crippen molar-refractivity contribution in [3.63, 3.8) is 0 Å². The minimum atomic E-state index is 0.721. The second kappa shape index (κ2) is 3.45. The van der Waals surface area contributed by atoms with Crippen LogP contribution in [0.15, 0.2) is 18.3 Å². The molecule has 2 fully saturated rings. The molecule has 0 saturated carbocycles. The molecular weight excluding hydrogens is 285 g/mol. The van der Waals surface area contributed by atoms with E-state index >= 15 is 0 Å². The molecule has 0 aromatic carbocycles. The molecule has 3 rings (SSSR count). The van der Waals surface area contributed by atoms with Gasteiger partial charge in [0.15, 0.2) is 0 Å². The van der Waals surface area contributed by atoms with Crippen molar-refractivity contribution in [1.29, 1.82) is 0 Å². The van der Waals surface area contributed by atoms with Crippen LogP contribution in [0.25, 0.3) is 0 Å². The lowest BCUT2D eigenvalue weighted by Crippen LogP contribution is -2.21. The quantitative estimate of drug-likeness (QED) is 0.635. The summed E-state index contributed by atoms with van der Waals surface area (Å²) in [7, 11) is 0. The Morgan fingerprint density at radius 2 is 2.29 bits per heavy atom. The average Bonchev–Trinajstić information content (AvgIpc) is 2.80. The van der Waals surface area contributed by atoms with Crippen molar-refractivity contribution in [3.05, 3.63) is 27.6 Å². The van der Waals surface area contributed by atoms with Crippen molar-refractivity contribution in [2.75, 3.05) is 0 Å². The molecule has 3 heteroatoms. The van der Waals surface area contributed by atoms with Gasteiger partial charge in [0.25, 0.3) is 0 Å². The third-order valence-corrected chi connectivity index (χ3v) is 4.12. The lowest BCUT2D eigenvalue weighted by Gasteiger charge is -2.19. The SMILES string of the molecule is [125I]c1ccc(C2C[C@@H]3CC[C@H]2N3)cn1. The zero-order valence-corrected chi connectivity index (χ0v) is 10.1. The molecule has 2 nitrogen and oxygen atoms in total. The topological polar surface area (TPSA) is 24.9 Å². The molecule has 2 bridgehead atoms. The number of hydrogen-bond donors (Lipinski definition) is 1. The van der Waals surface area contributed by atoms with E-state index in [-0.39, 0.29) is 0 Å². The van der Waals surface area contributed by atoms with Gasteiger partial charge in [-0.15, -0.1) is 0 Å². The fourth-order valence-corrected chi connectivity index (χ4v) is 3.12. The van der Waals surface area contributed by atoms with E-state index in [9.17, 15) is 0 Å². The number of fused-ring (bicyclic) bond motifs is 2. The summed E-state index contributed by atoms with van der Waals surface area (Å²) in [5.74, 6) is 0.721. The van der Waals surface area contributed by atoms with E-state index in [2.05, 4.69) is 51.2 Å². The second-order valence-electron chi connectivity index (χ2n) is 4.30. The molecule has 1 aromatic heterocycles. The van der Waals surface area contributed by atoms with Crippen LogP contribution >= 0.6 is 22.6 Å². The third kappa shape index (κ3) is 1.46. The number of hydrogen-bond acceptors (Lipinski definition) is 2. The van der Waals surface area contributed by atoms with Crippen LogP contribution in [-0.2, 0) is 0 Å². The fraction of sp³-hybridized carbons (Fsp3) is 0.545. The first-order valence-electron chi connectivity index (χ1n) is 5.20. The normalized spacial score (nSPS) is 35.1. The first-order valence-corrected chi connectivity index (χ1v) is 6.28. The number of halogens is 1. The highest BCUT2D eigenvalue weighted by Crippen LogP contribution is 2.39. The van der Waals surface area contributed by atoms with Crippen molar-refractivity contribution < 1.29 is 0 Å². The van der Waals surface area contributed by atoms with E-state index in [4.69, 9.17) is 0 Å². The molecule has 1 N–H and O–H groups in total. The van der Waals surface area contributed by atoms with Crippen LogP contribution in [-0.4, -0.2) is 17.1 Å². The van der Waals surface area contributed by atoms with E-state index in [1.807, 2.05) is 0 Å². The van der Waals surface area contributed by atoms with Crippen LogP contribution in [0.1, 0.15) is 30.7 Å². The first-order chi connectivity index (χ1) is 6.83. The Bertz CT molecular complexity index is 336. The molecule has 1 unspecified atom stereocenters. The maximum Gasteiger partial charge on any atom is 0.101 e. The van der Waals surface area contributed by atoms with Gasteiger partial charge >= 0.3 is 0 Å². The van der Waals surface area contributed by atoms with Crippen LogP contribution in [0.5, 0.6) is 0 Å². The predicted molar refractivity (Wildman–Crippen MR) is 64.3 cm³/mol. The van der Waals surface area contributed by atoms with Gasteiger partial charge in [0, 0.05) is 24.2 Å². The monoisotopic (exact) mass is 298 g/mol. The van der Waals surface area contributed by atoms with E-state index in [0.717, 1.165) is 21.7 Å². The summed E-state index contributed by atoms with van der Waals surface area (Å²) in [5.41, 5.74) is 1.42. The zero-order valence-electron chi connectivity index (χ0n) is 7.91. The highest BCUT2D eigenvalue weighted by Gasteiger charge is 2.39. The molecule has 0 radical (unpaired) electrons. The molecule has 74 valence electrons. The Labute approximate surface area is 97.6 Å². The van der Waals surface area contributed by atoms with Crippen molar-refractivity contribution in [1.82, 2.24) is 10.3 Å². The Kier molecular flexibility index (Phi) is 2.24. The summed E-state index contributed by atoms with van der Waals surface area (Å²) >= 11 is 2.26. The van der Waals surface area contributed by atoms with Crippen LogP contribution in [0.4, 0.5) is 0 Å². The molecular formula is C11H13IN2. The minimum absolute atomic E-state index is 0.721. The highest BCUT2D eigenvalue weighted by atomic mass is 125. The third-order valence-electron chi connectivity index (χ3n) is 3.48. The highest BCUT2D eigenvalue weighted by molar-refractivity contribution is 14.1. The Balaban J connectivity index is 1.86. The number of rotatable bonds is 1. The molecule has 0 spiro atoms. The number of nitrogens with one attached hydrogen (secondary N) is 1. The van der Waals surface area contributed by atoms with Gasteiger partial charge in [-0.3, -0.25) is 4.98 Å². The van der Waals surface area contributed by atoms with E-state index in [1.165, 1.54) is 24.8 Å². The Morgan fingerprint density at radius 3 is 2.86 bits per heavy atom. The molecule has 1 aromatic rings. The smallest absolute Gasteiger partial charge is 0.101 e. The largest absolute Gasteiger partial charge is 0.311 e. The summed E-state index contributed by atoms with van der Waals surface area (Å²) in [6.45, 7) is 0. The van der Waals surface area contributed by atoms with Gasteiger partial charge in [-0.2, -0.15) is 0 Å². The molecule has 3 heterocycles. The lowest BCUT2D eigenvalue weighted by atomic mass is 9.85. The molecule has 0 aliphatic carbocycles. The summed E-state index contributed by atoms with van der Waals surface area (Å²) in [5, 5.41) is 3.66. The van der Waals surface area contributed by atoms with Crippen LogP contribution in [0.3, 0.4) is 0 Å². The Hall–Kier alpha value is -0.160. The standard InChI is InChI=1S/C11H13IN2/c12-11-4-1-7(6-13-11)9-5-8-2-3-10(9)14-8/h1,4,6,8-10,14H,2-3,5H2/t8-,9?,10+/m0/s1/i12-2. The van der Waals surface area contributed by atoms with E-state index in [1.54, 1.807) is 0 Å². The van der Waals surface area contributed by atoms with Gasteiger partial charge in [0.2, 0.25) is 0 Å². The van der Waals surface area contributed by atoms with Gasteiger partial charge < -0.3 is 5.32 Å². The number of pyridine rings is 1. The van der Waals surface area contributed by atoms with Gasteiger partial charge in [-0.1, -0.05) is 6.07 Å². The van der Waals surface area contributed by atoms with Crippen LogP contribution in [0.2, 0.25) is 0 Å². The van der Waals surface area contributed by atoms with Crippen molar-refractivity contribution >= 4 is 22.6 Å². The Morgan fingerprint density at radius 1 is 1.36 bits per heavy atom. The summed E-state index contributed by atoms with van der Waals surface area (Å²) in [4.78, 5) is 4.37. The molecule has 2 aliphatic heterocycles. The molecule has 3 atom stereocenters.